The van der Waals surface area contributed by atoms with E-state index in [2.05, 4.69) is 94.9 Å². The van der Waals surface area contributed by atoms with Crippen molar-refractivity contribution in [2.45, 2.75) is 0 Å². The largest absolute Gasteiger partial charge is 0.253 e. The second-order valence-electron chi connectivity index (χ2n) is 5.63. The molecule has 28 heavy (non-hydrogen) atoms. The number of hydrogen-bond donors (Lipinski definition) is 0. The Balaban J connectivity index is 0.000000183. The molecule has 0 spiro atoms. The van der Waals surface area contributed by atoms with Gasteiger partial charge in [-0.2, -0.15) is 0 Å². The Morgan fingerprint density at radius 1 is 0.464 bits per heavy atom. The summed E-state index contributed by atoms with van der Waals surface area (Å²) < 4.78 is 0. The smallest absolute Gasteiger partial charge is 0.0791 e. The van der Waals surface area contributed by atoms with Crippen molar-refractivity contribution in [3.63, 3.8) is 0 Å². The quantitative estimate of drug-likeness (QED) is 0.310. The van der Waals surface area contributed by atoms with Crippen LogP contribution in [0.25, 0.3) is 22.3 Å². The van der Waals surface area contributed by atoms with Crippen LogP contribution in [0.1, 0.15) is 0 Å². The van der Waals surface area contributed by atoms with Gasteiger partial charge in [-0.1, -0.05) is 84.9 Å². The van der Waals surface area contributed by atoms with Crippen molar-refractivity contribution < 1.29 is 0 Å². The molecule has 0 aliphatic heterocycles. The molecule has 138 valence electrons. The summed E-state index contributed by atoms with van der Waals surface area (Å²) in [6.45, 7) is 0. The summed E-state index contributed by atoms with van der Waals surface area (Å²) in [6, 6.07) is 29.6. The van der Waals surface area contributed by atoms with Crippen molar-refractivity contribution in [1.29, 1.82) is 0 Å². The van der Waals surface area contributed by atoms with Crippen LogP contribution in [0.3, 0.4) is 0 Å². The average Bonchev–Trinajstić information content (AvgIpc) is 3.54. The van der Waals surface area contributed by atoms with E-state index in [-0.39, 0.29) is 0 Å². The summed E-state index contributed by atoms with van der Waals surface area (Å²) in [5.74, 6) is 0. The monoisotopic (exact) mass is 400 g/mol. The third-order valence-corrected chi connectivity index (χ3v) is 4.84. The van der Waals surface area contributed by atoms with Crippen molar-refractivity contribution in [2.75, 3.05) is 0 Å². The second-order valence-corrected chi connectivity index (χ2v) is 7.14. The molecule has 0 bridgehead atoms. The lowest BCUT2D eigenvalue weighted by Crippen LogP contribution is -1.83. The molecule has 0 saturated heterocycles. The van der Waals surface area contributed by atoms with Crippen LogP contribution in [-0.4, -0.2) is 9.97 Å². The van der Waals surface area contributed by atoms with Gasteiger partial charge in [0.25, 0.3) is 0 Å². The summed E-state index contributed by atoms with van der Waals surface area (Å²) in [5, 5.41) is 3.86. The number of benzene rings is 3. The third-order valence-electron chi connectivity index (χ3n) is 3.79. The van der Waals surface area contributed by atoms with Gasteiger partial charge in [0.1, 0.15) is 0 Å². The van der Waals surface area contributed by atoms with Crippen molar-refractivity contribution in [2.24, 2.45) is 0 Å². The molecule has 0 amide bonds. The van der Waals surface area contributed by atoms with Crippen LogP contribution in [0.4, 0.5) is 0 Å². The van der Waals surface area contributed by atoms with E-state index in [0.29, 0.717) is 0 Å². The van der Waals surface area contributed by atoms with Crippen LogP contribution in [-0.2, 0) is 0 Å². The minimum Gasteiger partial charge on any atom is -0.253 e. The van der Waals surface area contributed by atoms with Gasteiger partial charge in [0.15, 0.2) is 0 Å². The van der Waals surface area contributed by atoms with Gasteiger partial charge in [0.05, 0.1) is 11.0 Å². The van der Waals surface area contributed by atoms with E-state index < -0.39 is 0 Å². The highest BCUT2D eigenvalue weighted by molar-refractivity contribution is 7.07. The molecule has 0 unspecified atom stereocenters. The topological polar surface area (TPSA) is 25.8 Å². The SMILES string of the molecule is c1ccc(-c2ccccc2-c2ccccc2)cc1.c1cscn1.c1cscn1. The first-order chi connectivity index (χ1) is 13.9. The van der Waals surface area contributed by atoms with Gasteiger partial charge in [0.2, 0.25) is 0 Å². The molecule has 0 aliphatic carbocycles. The van der Waals surface area contributed by atoms with E-state index in [1.165, 1.54) is 22.3 Å². The van der Waals surface area contributed by atoms with Crippen LogP contribution >= 0.6 is 22.7 Å². The third kappa shape index (κ3) is 6.27. The molecule has 5 rings (SSSR count). The summed E-state index contributed by atoms with van der Waals surface area (Å²) in [5.41, 5.74) is 8.67. The molecular weight excluding hydrogens is 380 g/mol. The van der Waals surface area contributed by atoms with Crippen LogP contribution in [0, 0.1) is 0 Å². The maximum atomic E-state index is 3.74. The minimum absolute atomic E-state index is 1.26. The molecule has 2 nitrogen and oxygen atoms in total. The van der Waals surface area contributed by atoms with E-state index in [4.69, 9.17) is 0 Å². The molecule has 0 aliphatic rings. The Labute approximate surface area is 173 Å². The Morgan fingerprint density at radius 2 is 0.857 bits per heavy atom. The standard InChI is InChI=1S/C18H14.2C3H3NS/c1-3-9-15(10-4-1)17-13-7-8-14-18(17)16-11-5-2-6-12-16;2*1-2-5-3-4-1/h1-14H;2*1-3H. The van der Waals surface area contributed by atoms with Gasteiger partial charge < -0.3 is 0 Å². The maximum absolute atomic E-state index is 3.74. The van der Waals surface area contributed by atoms with Crippen LogP contribution in [0.2, 0.25) is 0 Å². The highest BCUT2D eigenvalue weighted by Gasteiger charge is 2.05. The highest BCUT2D eigenvalue weighted by Crippen LogP contribution is 2.31. The summed E-state index contributed by atoms with van der Waals surface area (Å²) >= 11 is 3.20. The van der Waals surface area contributed by atoms with Gasteiger partial charge >= 0.3 is 0 Å². The van der Waals surface area contributed by atoms with Gasteiger partial charge in [0, 0.05) is 23.2 Å². The van der Waals surface area contributed by atoms with Gasteiger partial charge in [-0.15, -0.1) is 22.7 Å². The van der Waals surface area contributed by atoms with Gasteiger partial charge in [-0.3, -0.25) is 9.97 Å². The second kappa shape index (κ2) is 11.6. The zero-order chi connectivity index (χ0) is 19.3. The first-order valence-electron chi connectivity index (χ1n) is 8.79. The number of aromatic nitrogens is 2. The molecule has 2 aromatic heterocycles. The van der Waals surface area contributed by atoms with Crippen LogP contribution in [0.5, 0.6) is 0 Å². The van der Waals surface area contributed by atoms with E-state index >= 15 is 0 Å². The zero-order valence-electron chi connectivity index (χ0n) is 15.3. The van der Waals surface area contributed by atoms with Crippen molar-refractivity contribution in [3.8, 4) is 22.3 Å². The summed E-state index contributed by atoms with van der Waals surface area (Å²) in [6.07, 6.45) is 3.54. The predicted molar refractivity (Wildman–Crippen MR) is 122 cm³/mol. The summed E-state index contributed by atoms with van der Waals surface area (Å²) in [4.78, 5) is 7.48. The highest BCUT2D eigenvalue weighted by atomic mass is 32.1. The van der Waals surface area contributed by atoms with Gasteiger partial charge in [-0.25, -0.2) is 0 Å². The van der Waals surface area contributed by atoms with E-state index in [1.807, 2.05) is 10.8 Å². The van der Waals surface area contributed by atoms with Crippen molar-refractivity contribution in [3.05, 3.63) is 119 Å². The molecular formula is C24H20N2S2. The van der Waals surface area contributed by atoms with Crippen molar-refractivity contribution in [1.82, 2.24) is 9.97 Å². The Kier molecular flexibility index (Phi) is 8.15. The fourth-order valence-corrected chi connectivity index (χ4v) is 3.28. The molecule has 0 N–H and O–H groups in total. The van der Waals surface area contributed by atoms with Crippen LogP contribution < -0.4 is 0 Å². The lowest BCUT2D eigenvalue weighted by Gasteiger charge is -2.09. The number of thiazole rings is 2. The first-order valence-corrected chi connectivity index (χ1v) is 10.7. The van der Waals surface area contributed by atoms with Crippen molar-refractivity contribution >= 4 is 22.7 Å². The average molecular weight is 401 g/mol. The molecule has 3 aromatic carbocycles. The predicted octanol–water partition coefficient (Wildman–Crippen LogP) is 7.31. The molecule has 2 heterocycles. The van der Waals surface area contributed by atoms with E-state index in [9.17, 15) is 0 Å². The molecule has 0 radical (unpaired) electrons. The first kappa shape index (κ1) is 19.7. The maximum Gasteiger partial charge on any atom is 0.0791 e. The number of hydrogen-bond acceptors (Lipinski definition) is 4. The molecule has 5 aromatic rings. The Bertz CT molecular complexity index is 878. The zero-order valence-corrected chi connectivity index (χ0v) is 16.9. The number of rotatable bonds is 2. The Morgan fingerprint density at radius 3 is 1.14 bits per heavy atom. The fraction of sp³-hybridized carbons (Fsp3) is 0. The lowest BCUT2D eigenvalue weighted by molar-refractivity contribution is 1.43. The van der Waals surface area contributed by atoms with Crippen LogP contribution in [0.15, 0.2) is 119 Å². The van der Waals surface area contributed by atoms with E-state index in [1.54, 1.807) is 46.1 Å². The normalized spacial score (nSPS) is 9.43. The summed E-state index contributed by atoms with van der Waals surface area (Å²) in [7, 11) is 0. The van der Waals surface area contributed by atoms with E-state index in [0.717, 1.165) is 0 Å². The Hall–Kier alpha value is -3.08. The molecule has 0 saturated carbocycles. The molecule has 0 fully saturated rings. The lowest BCUT2D eigenvalue weighted by atomic mass is 9.95. The number of nitrogens with zero attached hydrogens (tertiary/aromatic N) is 2. The minimum atomic E-state index is 1.26. The molecule has 4 heteroatoms. The fourth-order valence-electron chi connectivity index (χ4n) is 2.57. The van der Waals surface area contributed by atoms with Gasteiger partial charge in [-0.05, 0) is 22.3 Å². The molecule has 0 atom stereocenters.